The molecule has 272 valence electrons. The van der Waals surface area contributed by atoms with Gasteiger partial charge in [0.25, 0.3) is 0 Å². The first kappa shape index (κ1) is 33.2. The van der Waals surface area contributed by atoms with Gasteiger partial charge in [-0.15, -0.1) is 0 Å². The molecule has 2 unspecified atom stereocenters. The van der Waals surface area contributed by atoms with Crippen molar-refractivity contribution >= 4 is 50.6 Å². The van der Waals surface area contributed by atoms with Crippen LogP contribution in [0.2, 0.25) is 0 Å². The van der Waals surface area contributed by atoms with Crippen LogP contribution in [0.5, 0.6) is 0 Å². The quantitative estimate of drug-likeness (QED) is 0.118. The summed E-state index contributed by atoms with van der Waals surface area (Å²) in [6, 6.07) is 84.8. The lowest BCUT2D eigenvalue weighted by Crippen LogP contribution is -2.75. The summed E-state index contributed by atoms with van der Waals surface area (Å²) in [7, 11) is -2.96. The molecule has 0 saturated carbocycles. The van der Waals surface area contributed by atoms with Crippen LogP contribution in [0.25, 0.3) is 38.6 Å². The number of rotatable bonds is 6. The predicted molar refractivity (Wildman–Crippen MR) is 245 cm³/mol. The molecule has 0 radical (unpaired) electrons. The fourth-order valence-corrected chi connectivity index (χ4v) is 15.9. The van der Waals surface area contributed by atoms with E-state index in [-0.39, 0.29) is 11.8 Å². The highest BCUT2D eigenvalue weighted by Crippen LogP contribution is 2.57. The van der Waals surface area contributed by atoms with E-state index >= 15 is 0 Å². The highest BCUT2D eigenvalue weighted by atomic mass is 28.3. The van der Waals surface area contributed by atoms with Crippen LogP contribution in [0.3, 0.4) is 0 Å². The summed E-state index contributed by atoms with van der Waals surface area (Å²) in [5.41, 5.74) is 14.9. The van der Waals surface area contributed by atoms with Crippen molar-refractivity contribution in [2.24, 2.45) is 0 Å². The Morgan fingerprint density at radius 3 is 1.38 bits per heavy atom. The smallest absolute Gasteiger partial charge is 0.179 e. The van der Waals surface area contributed by atoms with Gasteiger partial charge in [0.15, 0.2) is 8.07 Å². The Morgan fingerprint density at radius 2 is 0.759 bits per heavy atom. The zero-order valence-electron chi connectivity index (χ0n) is 32.0. The summed E-state index contributed by atoms with van der Waals surface area (Å²) in [4.78, 5) is 0. The number of nitrogens with zero attached hydrogens (tertiary/aromatic N) is 1. The first-order valence-electron chi connectivity index (χ1n) is 20.4. The van der Waals surface area contributed by atoms with Crippen molar-refractivity contribution in [3.63, 3.8) is 0 Å². The molecule has 13 rings (SSSR count). The van der Waals surface area contributed by atoms with Gasteiger partial charge in [-0.2, -0.15) is 0 Å². The van der Waals surface area contributed by atoms with Gasteiger partial charge in [-0.1, -0.05) is 206 Å². The molecule has 0 N–H and O–H groups in total. The van der Waals surface area contributed by atoms with E-state index in [2.05, 4.69) is 229 Å². The van der Waals surface area contributed by atoms with Crippen molar-refractivity contribution in [1.82, 2.24) is 4.57 Å². The van der Waals surface area contributed by atoms with Crippen molar-refractivity contribution in [3.05, 3.63) is 258 Å². The Labute approximate surface area is 340 Å². The van der Waals surface area contributed by atoms with E-state index in [1.165, 1.54) is 92.7 Å². The molecule has 2 bridgehead atoms. The highest BCUT2D eigenvalue weighted by Gasteiger charge is 2.50. The molecule has 0 fully saturated rings. The first-order valence-corrected chi connectivity index (χ1v) is 22.4. The third kappa shape index (κ3) is 4.64. The molecule has 3 aliphatic rings. The van der Waals surface area contributed by atoms with Gasteiger partial charge in [0.1, 0.15) is 0 Å². The summed E-state index contributed by atoms with van der Waals surface area (Å²) in [6.07, 6.45) is 0. The van der Waals surface area contributed by atoms with Gasteiger partial charge in [0.2, 0.25) is 0 Å². The van der Waals surface area contributed by atoms with E-state index in [1.807, 2.05) is 0 Å². The van der Waals surface area contributed by atoms with Gasteiger partial charge in [-0.05, 0) is 83.5 Å². The first-order chi connectivity index (χ1) is 28.8. The number of para-hydroxylation sites is 2. The SMILES string of the molecule is c1ccc(-c2ccc([Si](c3ccccc3)(c3ccccc3)c3cccc4c3C3c5ccccc5C4c4cccc(-n5c6ccccc6c6ccccc65)c43)cc2)cc1. The molecule has 1 aromatic heterocycles. The second-order valence-corrected chi connectivity index (χ2v) is 19.6. The fourth-order valence-electron chi connectivity index (χ4n) is 10.9. The zero-order chi connectivity index (χ0) is 38.2. The van der Waals surface area contributed by atoms with Gasteiger partial charge >= 0.3 is 0 Å². The van der Waals surface area contributed by atoms with Crippen LogP contribution in [0.4, 0.5) is 0 Å². The summed E-state index contributed by atoms with van der Waals surface area (Å²) in [5.74, 6) is 0.166. The lowest BCUT2D eigenvalue weighted by Gasteiger charge is -2.47. The highest BCUT2D eigenvalue weighted by molar-refractivity contribution is 7.20. The molecule has 58 heavy (non-hydrogen) atoms. The van der Waals surface area contributed by atoms with Crippen molar-refractivity contribution in [1.29, 1.82) is 0 Å². The number of fused-ring (bicyclic) bond motifs is 3. The summed E-state index contributed by atoms with van der Waals surface area (Å²) >= 11 is 0. The standard InChI is InChI=1S/C56H39NSi/c1-4-18-38(19-5-1)39-34-36-42(37-35-39)58(40-20-6-2-7-21-40,41-22-8-3-9-23-41)52-33-17-29-48-53-45-26-10-11-27-46(45)56(55(48)52)54-47(53)28-16-32-51(54)57-49-30-14-12-24-43(49)44-25-13-15-31-50(44)57/h1-37,53,56H. The molecule has 1 heterocycles. The molecular formula is C56H39NSi. The number of hydrogen-bond donors (Lipinski definition) is 0. The lowest BCUT2D eigenvalue weighted by molar-refractivity contribution is 0.752. The van der Waals surface area contributed by atoms with Gasteiger partial charge in [0.05, 0.1) is 16.7 Å². The van der Waals surface area contributed by atoms with Crippen molar-refractivity contribution in [2.75, 3.05) is 0 Å². The van der Waals surface area contributed by atoms with Crippen LogP contribution in [0, 0.1) is 0 Å². The minimum absolute atomic E-state index is 0.0430. The van der Waals surface area contributed by atoms with Gasteiger partial charge in [-0.3, -0.25) is 0 Å². The molecule has 1 nitrogen and oxygen atoms in total. The van der Waals surface area contributed by atoms with Crippen LogP contribution in [-0.4, -0.2) is 12.6 Å². The molecule has 0 amide bonds. The summed E-state index contributed by atoms with van der Waals surface area (Å²) in [5, 5.41) is 8.24. The molecule has 0 saturated heterocycles. The third-order valence-electron chi connectivity index (χ3n) is 13.1. The van der Waals surface area contributed by atoms with Gasteiger partial charge in [0, 0.05) is 22.6 Å². The van der Waals surface area contributed by atoms with Crippen molar-refractivity contribution < 1.29 is 0 Å². The molecule has 2 atom stereocenters. The minimum Gasteiger partial charge on any atom is -0.309 e. The number of hydrogen-bond acceptors (Lipinski definition) is 0. The van der Waals surface area contributed by atoms with E-state index in [0.29, 0.717) is 0 Å². The monoisotopic (exact) mass is 753 g/mol. The largest absolute Gasteiger partial charge is 0.309 e. The average molecular weight is 754 g/mol. The van der Waals surface area contributed by atoms with E-state index in [4.69, 9.17) is 0 Å². The molecule has 0 spiro atoms. The Bertz CT molecular complexity index is 3070. The minimum atomic E-state index is -2.96. The predicted octanol–water partition coefficient (Wildman–Crippen LogP) is 10.8. The second kappa shape index (κ2) is 13.0. The van der Waals surface area contributed by atoms with E-state index < -0.39 is 8.07 Å². The van der Waals surface area contributed by atoms with Crippen LogP contribution in [0.15, 0.2) is 224 Å². The number of aromatic nitrogens is 1. The van der Waals surface area contributed by atoms with Gasteiger partial charge < -0.3 is 4.57 Å². The third-order valence-corrected chi connectivity index (χ3v) is 18.0. The average Bonchev–Trinajstić information content (AvgIpc) is 3.64. The lowest BCUT2D eigenvalue weighted by atomic mass is 9.60. The Kier molecular flexibility index (Phi) is 7.45. The Balaban J connectivity index is 1.19. The summed E-state index contributed by atoms with van der Waals surface area (Å²) < 4.78 is 2.55. The van der Waals surface area contributed by atoms with E-state index in [9.17, 15) is 0 Å². The maximum atomic E-state index is 2.55. The molecule has 3 aliphatic carbocycles. The second-order valence-electron chi connectivity index (χ2n) is 15.9. The van der Waals surface area contributed by atoms with Crippen LogP contribution in [0.1, 0.15) is 45.2 Å². The van der Waals surface area contributed by atoms with Crippen molar-refractivity contribution in [3.8, 4) is 16.8 Å². The van der Waals surface area contributed by atoms with E-state index in [0.717, 1.165) is 0 Å². The normalized spacial score (nSPS) is 15.2. The summed E-state index contributed by atoms with van der Waals surface area (Å²) in [6.45, 7) is 0. The maximum absolute atomic E-state index is 2.96. The fraction of sp³-hybridized carbons (Fsp3) is 0.0357. The van der Waals surface area contributed by atoms with E-state index in [1.54, 1.807) is 0 Å². The van der Waals surface area contributed by atoms with Crippen molar-refractivity contribution in [2.45, 2.75) is 11.8 Å². The van der Waals surface area contributed by atoms with Crippen LogP contribution < -0.4 is 20.7 Å². The number of benzene rings is 9. The topological polar surface area (TPSA) is 4.93 Å². The molecule has 0 aliphatic heterocycles. The molecule has 10 aromatic rings. The molecule has 9 aromatic carbocycles. The maximum Gasteiger partial charge on any atom is 0.179 e. The Morgan fingerprint density at radius 1 is 0.310 bits per heavy atom. The zero-order valence-corrected chi connectivity index (χ0v) is 33.0. The molecular weight excluding hydrogens is 715 g/mol. The van der Waals surface area contributed by atoms with Crippen LogP contribution in [-0.2, 0) is 0 Å². The van der Waals surface area contributed by atoms with Gasteiger partial charge in [-0.25, -0.2) is 0 Å². The van der Waals surface area contributed by atoms with Crippen LogP contribution >= 0.6 is 0 Å². The Hall–Kier alpha value is -7.00. The molecule has 2 heteroatoms.